The van der Waals surface area contributed by atoms with Crippen LogP contribution in [0.5, 0.6) is 0 Å². The summed E-state index contributed by atoms with van der Waals surface area (Å²) >= 11 is 5.26. The van der Waals surface area contributed by atoms with E-state index < -0.39 is 0 Å². The van der Waals surface area contributed by atoms with Gasteiger partial charge in [-0.1, -0.05) is 0 Å². The second-order valence-corrected chi connectivity index (χ2v) is 7.13. The number of thiocarbonyl (C=S) groups is 1. The van der Waals surface area contributed by atoms with Crippen LogP contribution in [0.3, 0.4) is 0 Å². The maximum Gasteiger partial charge on any atom is 0.166 e. The molecule has 4 rings (SSSR count). The monoisotopic (exact) mass is 252 g/mol. The van der Waals surface area contributed by atoms with Crippen molar-refractivity contribution in [2.24, 2.45) is 23.2 Å². The molecule has 0 aromatic heterocycles. The standard InChI is InChI=1S/C14H24N2S/c1-9(16-13(17)15-2)14-6-10-3-11(7-14)5-12(4-10)8-14/h9-12H,3-8H2,1-2H3,(H2,15,16,17). The highest BCUT2D eigenvalue weighted by atomic mass is 32.1. The van der Waals surface area contributed by atoms with Crippen LogP contribution in [-0.4, -0.2) is 18.2 Å². The van der Waals surface area contributed by atoms with Crippen LogP contribution in [-0.2, 0) is 0 Å². The molecule has 0 aromatic carbocycles. The zero-order chi connectivity index (χ0) is 12.0. The van der Waals surface area contributed by atoms with Gasteiger partial charge in [-0.15, -0.1) is 0 Å². The lowest BCUT2D eigenvalue weighted by molar-refractivity contribution is -0.0672. The van der Waals surface area contributed by atoms with Gasteiger partial charge in [0.05, 0.1) is 0 Å². The quantitative estimate of drug-likeness (QED) is 0.739. The van der Waals surface area contributed by atoms with Gasteiger partial charge in [0.1, 0.15) is 0 Å². The Morgan fingerprint density at radius 2 is 1.59 bits per heavy atom. The van der Waals surface area contributed by atoms with E-state index >= 15 is 0 Å². The molecule has 3 heteroatoms. The summed E-state index contributed by atoms with van der Waals surface area (Å²) in [5.74, 6) is 3.07. The minimum Gasteiger partial charge on any atom is -0.366 e. The van der Waals surface area contributed by atoms with Crippen molar-refractivity contribution in [1.82, 2.24) is 10.6 Å². The molecule has 0 aromatic rings. The minimum absolute atomic E-state index is 0.538. The summed E-state index contributed by atoms with van der Waals surface area (Å²) < 4.78 is 0. The third kappa shape index (κ3) is 1.96. The van der Waals surface area contributed by atoms with Crippen LogP contribution in [0, 0.1) is 23.2 Å². The molecule has 4 aliphatic rings. The van der Waals surface area contributed by atoms with E-state index in [0.717, 1.165) is 22.9 Å². The molecule has 0 radical (unpaired) electrons. The van der Waals surface area contributed by atoms with Gasteiger partial charge < -0.3 is 10.6 Å². The summed E-state index contributed by atoms with van der Waals surface area (Å²) in [5.41, 5.74) is 0.551. The highest BCUT2D eigenvalue weighted by molar-refractivity contribution is 7.80. The first-order valence-electron chi connectivity index (χ1n) is 7.09. The lowest BCUT2D eigenvalue weighted by Crippen LogP contribution is -2.56. The summed E-state index contributed by atoms with van der Waals surface area (Å²) in [7, 11) is 1.90. The largest absolute Gasteiger partial charge is 0.366 e. The summed E-state index contributed by atoms with van der Waals surface area (Å²) in [4.78, 5) is 0. The van der Waals surface area contributed by atoms with Crippen molar-refractivity contribution in [3.05, 3.63) is 0 Å². The fourth-order valence-electron chi connectivity index (χ4n) is 5.13. The second-order valence-electron chi connectivity index (χ2n) is 6.73. The van der Waals surface area contributed by atoms with Crippen molar-refractivity contribution in [2.45, 2.75) is 51.5 Å². The van der Waals surface area contributed by atoms with Crippen LogP contribution in [0.2, 0.25) is 0 Å². The average Bonchev–Trinajstić information content (AvgIpc) is 2.26. The van der Waals surface area contributed by atoms with Crippen LogP contribution in [0.1, 0.15) is 45.4 Å². The first-order chi connectivity index (χ1) is 8.11. The van der Waals surface area contributed by atoms with E-state index in [1.165, 1.54) is 38.5 Å². The Bertz CT molecular complexity index is 291. The van der Waals surface area contributed by atoms with Gasteiger partial charge in [-0.05, 0) is 80.8 Å². The summed E-state index contributed by atoms with van der Waals surface area (Å²) in [6.45, 7) is 2.34. The molecule has 0 amide bonds. The molecular weight excluding hydrogens is 228 g/mol. The lowest BCUT2D eigenvalue weighted by Gasteiger charge is -2.59. The first kappa shape index (κ1) is 11.8. The van der Waals surface area contributed by atoms with Gasteiger partial charge in [0, 0.05) is 13.1 Å². The molecule has 0 saturated heterocycles. The number of rotatable bonds is 2. The molecule has 4 fully saturated rings. The molecule has 0 heterocycles. The fraction of sp³-hybridized carbons (Fsp3) is 0.929. The molecule has 1 atom stereocenters. The number of hydrogen-bond donors (Lipinski definition) is 2. The SMILES string of the molecule is CNC(=S)NC(C)C12CC3CC(CC(C3)C1)C2. The molecule has 2 N–H and O–H groups in total. The summed E-state index contributed by atoms with van der Waals surface area (Å²) in [6.07, 6.45) is 8.88. The molecule has 96 valence electrons. The average molecular weight is 252 g/mol. The maximum absolute atomic E-state index is 5.26. The van der Waals surface area contributed by atoms with Gasteiger partial charge in [0.15, 0.2) is 5.11 Å². The highest BCUT2D eigenvalue weighted by Crippen LogP contribution is 2.61. The van der Waals surface area contributed by atoms with Gasteiger partial charge in [-0.3, -0.25) is 0 Å². The lowest BCUT2D eigenvalue weighted by atomic mass is 9.48. The molecular formula is C14H24N2S. The normalized spacial score (nSPS) is 44.5. The van der Waals surface area contributed by atoms with Gasteiger partial charge >= 0.3 is 0 Å². The molecule has 2 nitrogen and oxygen atoms in total. The fourth-order valence-corrected chi connectivity index (χ4v) is 5.31. The Morgan fingerprint density at radius 1 is 1.12 bits per heavy atom. The van der Waals surface area contributed by atoms with Gasteiger partial charge in [-0.25, -0.2) is 0 Å². The van der Waals surface area contributed by atoms with E-state index in [0.29, 0.717) is 11.5 Å². The maximum atomic E-state index is 5.26. The zero-order valence-corrected chi connectivity index (χ0v) is 11.8. The van der Waals surface area contributed by atoms with Crippen LogP contribution >= 0.6 is 12.2 Å². The van der Waals surface area contributed by atoms with Gasteiger partial charge in [-0.2, -0.15) is 0 Å². The van der Waals surface area contributed by atoms with E-state index in [-0.39, 0.29) is 0 Å². The van der Waals surface area contributed by atoms with Crippen molar-refractivity contribution >= 4 is 17.3 Å². The molecule has 0 spiro atoms. The van der Waals surface area contributed by atoms with Crippen LogP contribution in [0.4, 0.5) is 0 Å². The predicted molar refractivity (Wildman–Crippen MR) is 74.9 cm³/mol. The zero-order valence-electron chi connectivity index (χ0n) is 11.0. The molecule has 1 unspecified atom stereocenters. The second kappa shape index (κ2) is 4.11. The Kier molecular flexibility index (Phi) is 2.85. The third-order valence-corrected chi connectivity index (χ3v) is 5.90. The number of nitrogens with one attached hydrogen (secondary N) is 2. The predicted octanol–water partition coefficient (Wildman–Crippen LogP) is 2.69. The van der Waals surface area contributed by atoms with Crippen molar-refractivity contribution in [3.8, 4) is 0 Å². The Morgan fingerprint density at radius 3 is 2.00 bits per heavy atom. The molecule has 4 aliphatic carbocycles. The van der Waals surface area contributed by atoms with Crippen LogP contribution in [0.25, 0.3) is 0 Å². The third-order valence-electron chi connectivity index (χ3n) is 5.58. The Balaban J connectivity index is 1.75. The number of hydrogen-bond acceptors (Lipinski definition) is 1. The van der Waals surface area contributed by atoms with Crippen molar-refractivity contribution in [1.29, 1.82) is 0 Å². The topological polar surface area (TPSA) is 24.1 Å². The van der Waals surface area contributed by atoms with E-state index in [1.54, 1.807) is 0 Å². The molecule has 4 saturated carbocycles. The van der Waals surface area contributed by atoms with E-state index in [9.17, 15) is 0 Å². The molecule has 0 aliphatic heterocycles. The highest BCUT2D eigenvalue weighted by Gasteiger charge is 2.53. The van der Waals surface area contributed by atoms with Gasteiger partial charge in [0.25, 0.3) is 0 Å². The van der Waals surface area contributed by atoms with E-state index in [4.69, 9.17) is 12.2 Å². The molecule has 4 bridgehead atoms. The van der Waals surface area contributed by atoms with Crippen LogP contribution in [0.15, 0.2) is 0 Å². The minimum atomic E-state index is 0.538. The van der Waals surface area contributed by atoms with E-state index in [1.807, 2.05) is 7.05 Å². The van der Waals surface area contributed by atoms with E-state index in [2.05, 4.69) is 17.6 Å². The molecule has 17 heavy (non-hydrogen) atoms. The van der Waals surface area contributed by atoms with Crippen molar-refractivity contribution < 1.29 is 0 Å². The first-order valence-corrected chi connectivity index (χ1v) is 7.50. The summed E-state index contributed by atoms with van der Waals surface area (Å²) in [5, 5.41) is 7.37. The Hall–Kier alpha value is -0.310. The van der Waals surface area contributed by atoms with Crippen LogP contribution < -0.4 is 10.6 Å². The smallest absolute Gasteiger partial charge is 0.166 e. The summed E-state index contributed by atoms with van der Waals surface area (Å²) in [6, 6.07) is 0.538. The van der Waals surface area contributed by atoms with Crippen molar-refractivity contribution in [2.75, 3.05) is 7.05 Å². The van der Waals surface area contributed by atoms with Gasteiger partial charge in [0.2, 0.25) is 0 Å². The Labute approximate surface area is 110 Å². The van der Waals surface area contributed by atoms with Crippen molar-refractivity contribution in [3.63, 3.8) is 0 Å².